The number of fused-ring (bicyclic) bond motifs is 1. The molecule has 118 valence electrons. The van der Waals surface area contributed by atoms with E-state index in [2.05, 4.69) is 10.3 Å². The third-order valence-electron chi connectivity index (χ3n) is 4.46. The number of aromatic nitrogens is 1. The normalized spacial score (nSPS) is 20.6. The number of H-pyrrole nitrogens is 1. The number of aromatic amines is 1. The Bertz CT molecular complexity index is 646. The largest absolute Gasteiger partial charge is 0.378 e. The maximum atomic E-state index is 12.3. The first kappa shape index (κ1) is 14.9. The first-order valence-electron chi connectivity index (χ1n) is 7.86. The molecule has 2 N–H and O–H groups in total. The predicted octanol–water partition coefficient (Wildman–Crippen LogP) is 2.88. The van der Waals surface area contributed by atoms with Crippen LogP contribution in [0.2, 0.25) is 0 Å². The molecule has 0 spiro atoms. The maximum absolute atomic E-state index is 12.3. The SMILES string of the molecule is CCOC1CC(N(C)C(=O)NCc2cccc3[nH]ccc23)C1. The van der Waals surface area contributed by atoms with E-state index in [-0.39, 0.29) is 6.03 Å². The van der Waals surface area contributed by atoms with Crippen LogP contribution in [0, 0.1) is 0 Å². The molecule has 0 atom stereocenters. The van der Waals surface area contributed by atoms with Gasteiger partial charge in [-0.1, -0.05) is 12.1 Å². The zero-order chi connectivity index (χ0) is 15.5. The Morgan fingerprint density at radius 1 is 1.41 bits per heavy atom. The van der Waals surface area contributed by atoms with Crippen LogP contribution in [-0.4, -0.2) is 41.7 Å². The fourth-order valence-corrected chi connectivity index (χ4v) is 2.99. The van der Waals surface area contributed by atoms with E-state index in [4.69, 9.17) is 4.74 Å². The van der Waals surface area contributed by atoms with Crippen LogP contribution in [0.5, 0.6) is 0 Å². The number of amides is 2. The molecule has 1 heterocycles. The maximum Gasteiger partial charge on any atom is 0.317 e. The highest BCUT2D eigenvalue weighted by Crippen LogP contribution is 2.27. The van der Waals surface area contributed by atoms with E-state index < -0.39 is 0 Å². The van der Waals surface area contributed by atoms with Crippen molar-refractivity contribution in [3.05, 3.63) is 36.0 Å². The Morgan fingerprint density at radius 2 is 2.23 bits per heavy atom. The fraction of sp³-hybridized carbons (Fsp3) is 0.471. The standard InChI is InChI=1S/C17H23N3O2/c1-3-22-14-9-13(10-14)20(2)17(21)19-11-12-5-4-6-16-15(12)7-8-18-16/h4-8,13-14,18H,3,9-11H2,1-2H3,(H,19,21). The number of hydrogen-bond acceptors (Lipinski definition) is 2. The highest BCUT2D eigenvalue weighted by atomic mass is 16.5. The molecule has 2 amide bonds. The van der Waals surface area contributed by atoms with Crippen LogP contribution in [-0.2, 0) is 11.3 Å². The van der Waals surface area contributed by atoms with Crippen molar-refractivity contribution < 1.29 is 9.53 Å². The van der Waals surface area contributed by atoms with Gasteiger partial charge in [-0.25, -0.2) is 4.79 Å². The second-order valence-electron chi connectivity index (χ2n) is 5.83. The van der Waals surface area contributed by atoms with Crippen molar-refractivity contribution in [2.45, 2.75) is 38.5 Å². The number of carbonyl (C=O) groups is 1. The zero-order valence-electron chi connectivity index (χ0n) is 13.1. The fourth-order valence-electron chi connectivity index (χ4n) is 2.99. The van der Waals surface area contributed by atoms with Crippen molar-refractivity contribution in [1.82, 2.24) is 15.2 Å². The van der Waals surface area contributed by atoms with Crippen molar-refractivity contribution >= 4 is 16.9 Å². The van der Waals surface area contributed by atoms with Gasteiger partial charge in [0.2, 0.25) is 0 Å². The number of urea groups is 1. The lowest BCUT2D eigenvalue weighted by molar-refractivity contribution is -0.0308. The summed E-state index contributed by atoms with van der Waals surface area (Å²) in [6, 6.07) is 8.40. The summed E-state index contributed by atoms with van der Waals surface area (Å²) in [4.78, 5) is 17.2. The lowest BCUT2D eigenvalue weighted by Gasteiger charge is -2.40. The molecule has 1 saturated carbocycles. The van der Waals surface area contributed by atoms with Crippen LogP contribution in [0.3, 0.4) is 0 Å². The molecule has 0 bridgehead atoms. The molecule has 1 aliphatic rings. The highest BCUT2D eigenvalue weighted by molar-refractivity contribution is 5.83. The molecule has 0 radical (unpaired) electrons. The Morgan fingerprint density at radius 3 is 3.00 bits per heavy atom. The first-order valence-corrected chi connectivity index (χ1v) is 7.86. The topological polar surface area (TPSA) is 57.4 Å². The Kier molecular flexibility index (Phi) is 4.34. The van der Waals surface area contributed by atoms with Crippen molar-refractivity contribution in [3.8, 4) is 0 Å². The minimum absolute atomic E-state index is 0.0208. The van der Waals surface area contributed by atoms with E-state index >= 15 is 0 Å². The molecule has 5 heteroatoms. The Balaban J connectivity index is 1.53. The molecule has 0 saturated heterocycles. The Hall–Kier alpha value is -2.01. The minimum Gasteiger partial charge on any atom is -0.378 e. The molecule has 2 aromatic rings. The molecule has 1 aromatic carbocycles. The quantitative estimate of drug-likeness (QED) is 0.892. The molecule has 0 unspecified atom stereocenters. The summed E-state index contributed by atoms with van der Waals surface area (Å²) >= 11 is 0. The molecule has 1 fully saturated rings. The lowest BCUT2D eigenvalue weighted by Crippen LogP contribution is -2.51. The average Bonchev–Trinajstić information content (AvgIpc) is 2.96. The number of rotatable bonds is 5. The molecule has 1 aliphatic carbocycles. The van der Waals surface area contributed by atoms with Crippen LogP contribution >= 0.6 is 0 Å². The van der Waals surface area contributed by atoms with Crippen LogP contribution in [0.15, 0.2) is 30.5 Å². The lowest BCUT2D eigenvalue weighted by atomic mass is 9.88. The first-order chi connectivity index (χ1) is 10.7. The predicted molar refractivity (Wildman–Crippen MR) is 86.7 cm³/mol. The van der Waals surface area contributed by atoms with Gasteiger partial charge in [-0.2, -0.15) is 0 Å². The zero-order valence-corrected chi connectivity index (χ0v) is 13.1. The summed E-state index contributed by atoms with van der Waals surface area (Å²) in [5, 5.41) is 4.17. The molecule has 22 heavy (non-hydrogen) atoms. The van der Waals surface area contributed by atoms with E-state index in [1.54, 1.807) is 4.90 Å². The monoisotopic (exact) mass is 301 g/mol. The smallest absolute Gasteiger partial charge is 0.317 e. The summed E-state index contributed by atoms with van der Waals surface area (Å²) in [6.45, 7) is 3.29. The van der Waals surface area contributed by atoms with Gasteiger partial charge in [0.1, 0.15) is 0 Å². The van der Waals surface area contributed by atoms with Gasteiger partial charge in [0.25, 0.3) is 0 Å². The van der Waals surface area contributed by atoms with Gasteiger partial charge in [0.15, 0.2) is 0 Å². The van der Waals surface area contributed by atoms with Crippen molar-refractivity contribution in [1.29, 1.82) is 0 Å². The van der Waals surface area contributed by atoms with Gasteiger partial charge in [0, 0.05) is 43.3 Å². The van der Waals surface area contributed by atoms with E-state index in [9.17, 15) is 4.79 Å². The second-order valence-corrected chi connectivity index (χ2v) is 5.83. The summed E-state index contributed by atoms with van der Waals surface area (Å²) in [7, 11) is 1.86. The van der Waals surface area contributed by atoms with Crippen LogP contribution < -0.4 is 5.32 Å². The van der Waals surface area contributed by atoms with Gasteiger partial charge >= 0.3 is 6.03 Å². The van der Waals surface area contributed by atoms with E-state index in [1.165, 1.54) is 0 Å². The third kappa shape index (κ3) is 2.95. The number of benzene rings is 1. The van der Waals surface area contributed by atoms with Crippen LogP contribution in [0.4, 0.5) is 4.79 Å². The Labute approximate surface area is 130 Å². The van der Waals surface area contributed by atoms with Crippen LogP contribution in [0.25, 0.3) is 10.9 Å². The van der Waals surface area contributed by atoms with Gasteiger partial charge < -0.3 is 19.9 Å². The van der Waals surface area contributed by atoms with Crippen LogP contribution in [0.1, 0.15) is 25.3 Å². The summed E-state index contributed by atoms with van der Waals surface area (Å²) < 4.78 is 5.54. The van der Waals surface area contributed by atoms with Crippen molar-refractivity contribution in [3.63, 3.8) is 0 Å². The summed E-state index contributed by atoms with van der Waals surface area (Å²) in [5.41, 5.74) is 2.22. The molecular weight excluding hydrogens is 278 g/mol. The van der Waals surface area contributed by atoms with Gasteiger partial charge in [-0.05, 0) is 37.5 Å². The van der Waals surface area contributed by atoms with Gasteiger partial charge in [-0.3, -0.25) is 0 Å². The van der Waals surface area contributed by atoms with Crippen molar-refractivity contribution in [2.24, 2.45) is 0 Å². The number of ether oxygens (including phenoxy) is 1. The number of nitrogens with zero attached hydrogens (tertiary/aromatic N) is 1. The molecule has 1 aromatic heterocycles. The number of carbonyl (C=O) groups excluding carboxylic acids is 1. The second kappa shape index (κ2) is 6.40. The van der Waals surface area contributed by atoms with E-state index in [0.29, 0.717) is 18.7 Å². The molecule has 5 nitrogen and oxygen atoms in total. The summed E-state index contributed by atoms with van der Waals surface area (Å²) in [5.74, 6) is 0. The average molecular weight is 301 g/mol. The van der Waals surface area contributed by atoms with Gasteiger partial charge in [-0.15, -0.1) is 0 Å². The van der Waals surface area contributed by atoms with E-state index in [0.717, 1.165) is 35.9 Å². The third-order valence-corrected chi connectivity index (χ3v) is 4.46. The van der Waals surface area contributed by atoms with Crippen molar-refractivity contribution in [2.75, 3.05) is 13.7 Å². The highest BCUT2D eigenvalue weighted by Gasteiger charge is 2.34. The number of nitrogens with one attached hydrogen (secondary N) is 2. The van der Waals surface area contributed by atoms with Gasteiger partial charge in [0.05, 0.1) is 6.10 Å². The molecule has 3 rings (SSSR count). The summed E-state index contributed by atoms with van der Waals surface area (Å²) in [6.07, 6.45) is 4.11. The minimum atomic E-state index is -0.0208. The molecular formula is C17H23N3O2. The molecule has 0 aliphatic heterocycles. The van der Waals surface area contributed by atoms with E-state index in [1.807, 2.05) is 44.4 Å². The number of hydrogen-bond donors (Lipinski definition) is 2.